The van der Waals surface area contributed by atoms with E-state index in [2.05, 4.69) is 15.0 Å². The number of aryl methyl sites for hydroxylation is 2. The normalized spacial score (nSPS) is 10.3. The molecule has 0 unspecified atom stereocenters. The summed E-state index contributed by atoms with van der Waals surface area (Å²) in [6.07, 6.45) is 1.75. The molecular formula is C11H12N4. The molecule has 2 rings (SSSR count). The molecule has 0 atom stereocenters. The van der Waals surface area contributed by atoms with Gasteiger partial charge in [-0.15, -0.1) is 0 Å². The van der Waals surface area contributed by atoms with E-state index in [0.29, 0.717) is 11.6 Å². The molecule has 0 aliphatic carbocycles. The van der Waals surface area contributed by atoms with Crippen LogP contribution in [0.1, 0.15) is 11.4 Å². The molecule has 0 aromatic carbocycles. The number of pyridine rings is 1. The lowest BCUT2D eigenvalue weighted by Gasteiger charge is -2.02. The van der Waals surface area contributed by atoms with Crippen LogP contribution in [0.25, 0.3) is 11.4 Å². The molecule has 15 heavy (non-hydrogen) atoms. The van der Waals surface area contributed by atoms with Crippen molar-refractivity contribution >= 4 is 5.82 Å². The van der Waals surface area contributed by atoms with Gasteiger partial charge < -0.3 is 5.73 Å². The van der Waals surface area contributed by atoms with E-state index in [1.165, 1.54) is 0 Å². The molecule has 0 saturated heterocycles. The van der Waals surface area contributed by atoms with Crippen LogP contribution in [-0.4, -0.2) is 15.0 Å². The van der Waals surface area contributed by atoms with E-state index >= 15 is 0 Å². The molecule has 2 N–H and O–H groups in total. The summed E-state index contributed by atoms with van der Waals surface area (Å²) in [7, 11) is 0. The van der Waals surface area contributed by atoms with Gasteiger partial charge in [-0.3, -0.25) is 4.98 Å². The van der Waals surface area contributed by atoms with Gasteiger partial charge >= 0.3 is 0 Å². The highest BCUT2D eigenvalue weighted by Crippen LogP contribution is 2.15. The SMILES string of the molecule is Cc1ccc(-c2nc(C)cc(N)n2)cn1. The Bertz CT molecular complexity index is 456. The molecule has 4 heteroatoms. The zero-order valence-electron chi connectivity index (χ0n) is 8.73. The predicted molar refractivity (Wildman–Crippen MR) is 59.1 cm³/mol. The number of aromatic nitrogens is 3. The Hall–Kier alpha value is -1.97. The van der Waals surface area contributed by atoms with E-state index in [0.717, 1.165) is 17.0 Å². The van der Waals surface area contributed by atoms with Crippen LogP contribution in [0.2, 0.25) is 0 Å². The maximum atomic E-state index is 5.66. The molecule has 0 aliphatic heterocycles. The maximum absolute atomic E-state index is 5.66. The highest BCUT2D eigenvalue weighted by Gasteiger charge is 2.03. The first kappa shape index (κ1) is 9.58. The second-order valence-electron chi connectivity index (χ2n) is 3.45. The Balaban J connectivity index is 2.49. The van der Waals surface area contributed by atoms with Crippen molar-refractivity contribution in [1.29, 1.82) is 0 Å². The van der Waals surface area contributed by atoms with Crippen molar-refractivity contribution in [3.63, 3.8) is 0 Å². The molecule has 0 aliphatic rings. The summed E-state index contributed by atoms with van der Waals surface area (Å²) in [6, 6.07) is 5.61. The van der Waals surface area contributed by atoms with Gasteiger partial charge in [0.15, 0.2) is 5.82 Å². The topological polar surface area (TPSA) is 64.7 Å². The fourth-order valence-corrected chi connectivity index (χ4v) is 1.32. The summed E-state index contributed by atoms with van der Waals surface area (Å²) >= 11 is 0. The minimum atomic E-state index is 0.484. The van der Waals surface area contributed by atoms with Crippen molar-refractivity contribution in [2.75, 3.05) is 5.73 Å². The fraction of sp³-hybridized carbons (Fsp3) is 0.182. The summed E-state index contributed by atoms with van der Waals surface area (Å²) < 4.78 is 0. The van der Waals surface area contributed by atoms with Gasteiger partial charge in [0.05, 0.1) is 0 Å². The standard InChI is InChI=1S/C11H12N4/c1-7-3-4-9(6-13-7)11-14-8(2)5-10(12)15-11/h3-6H,1-2H3,(H2,12,14,15). The average Bonchev–Trinajstić information content (AvgIpc) is 2.17. The first-order valence-electron chi connectivity index (χ1n) is 4.69. The van der Waals surface area contributed by atoms with Crippen molar-refractivity contribution < 1.29 is 0 Å². The number of rotatable bonds is 1. The minimum Gasteiger partial charge on any atom is -0.384 e. The Morgan fingerprint density at radius 2 is 1.87 bits per heavy atom. The lowest BCUT2D eigenvalue weighted by molar-refractivity contribution is 1.10. The van der Waals surface area contributed by atoms with Gasteiger partial charge in [-0.2, -0.15) is 0 Å². The number of hydrogen-bond donors (Lipinski definition) is 1. The molecule has 2 aromatic heterocycles. The van der Waals surface area contributed by atoms with E-state index < -0.39 is 0 Å². The Morgan fingerprint density at radius 1 is 1.07 bits per heavy atom. The zero-order valence-corrected chi connectivity index (χ0v) is 8.73. The van der Waals surface area contributed by atoms with Crippen LogP contribution >= 0.6 is 0 Å². The summed E-state index contributed by atoms with van der Waals surface area (Å²) in [5.74, 6) is 1.11. The molecule has 2 aromatic rings. The van der Waals surface area contributed by atoms with Gasteiger partial charge in [-0.25, -0.2) is 9.97 Å². The van der Waals surface area contributed by atoms with Crippen molar-refractivity contribution in [3.05, 3.63) is 35.8 Å². The van der Waals surface area contributed by atoms with E-state index in [1.807, 2.05) is 26.0 Å². The smallest absolute Gasteiger partial charge is 0.163 e. The number of nitrogens with two attached hydrogens (primary N) is 1. The number of hydrogen-bond acceptors (Lipinski definition) is 4. The summed E-state index contributed by atoms with van der Waals surface area (Å²) in [6.45, 7) is 3.83. The Labute approximate surface area is 88.2 Å². The van der Waals surface area contributed by atoms with Crippen LogP contribution in [0.15, 0.2) is 24.4 Å². The Kier molecular flexibility index (Phi) is 2.33. The number of anilines is 1. The monoisotopic (exact) mass is 200 g/mol. The van der Waals surface area contributed by atoms with Crippen LogP contribution in [-0.2, 0) is 0 Å². The second kappa shape index (κ2) is 3.65. The maximum Gasteiger partial charge on any atom is 0.163 e. The fourth-order valence-electron chi connectivity index (χ4n) is 1.32. The molecule has 0 amide bonds. The minimum absolute atomic E-state index is 0.484. The summed E-state index contributed by atoms with van der Waals surface area (Å²) in [5, 5.41) is 0. The zero-order chi connectivity index (χ0) is 10.8. The molecule has 76 valence electrons. The molecule has 0 saturated carbocycles. The molecule has 0 spiro atoms. The van der Waals surface area contributed by atoms with Crippen molar-refractivity contribution in [1.82, 2.24) is 15.0 Å². The lowest BCUT2D eigenvalue weighted by atomic mass is 10.2. The van der Waals surface area contributed by atoms with E-state index in [-0.39, 0.29) is 0 Å². The Morgan fingerprint density at radius 3 is 2.47 bits per heavy atom. The van der Waals surface area contributed by atoms with Crippen LogP contribution in [0.5, 0.6) is 0 Å². The highest BCUT2D eigenvalue weighted by molar-refractivity contribution is 5.55. The van der Waals surface area contributed by atoms with Crippen LogP contribution in [0.3, 0.4) is 0 Å². The largest absolute Gasteiger partial charge is 0.384 e. The van der Waals surface area contributed by atoms with Gasteiger partial charge in [0.1, 0.15) is 5.82 Å². The molecule has 0 radical (unpaired) electrons. The van der Waals surface area contributed by atoms with Gasteiger partial charge in [-0.05, 0) is 26.0 Å². The molecular weight excluding hydrogens is 188 g/mol. The predicted octanol–water partition coefficient (Wildman–Crippen LogP) is 1.74. The third-order valence-electron chi connectivity index (χ3n) is 2.04. The molecule has 0 bridgehead atoms. The first-order valence-corrected chi connectivity index (χ1v) is 4.69. The van der Waals surface area contributed by atoms with Gasteiger partial charge in [0.25, 0.3) is 0 Å². The van der Waals surface area contributed by atoms with Gasteiger partial charge in [0.2, 0.25) is 0 Å². The molecule has 2 heterocycles. The van der Waals surface area contributed by atoms with Gasteiger partial charge in [0, 0.05) is 29.2 Å². The van der Waals surface area contributed by atoms with E-state index in [4.69, 9.17) is 5.73 Å². The highest BCUT2D eigenvalue weighted by atomic mass is 14.9. The average molecular weight is 200 g/mol. The first-order chi connectivity index (χ1) is 7.15. The third-order valence-corrected chi connectivity index (χ3v) is 2.04. The molecule has 4 nitrogen and oxygen atoms in total. The van der Waals surface area contributed by atoms with Crippen molar-refractivity contribution in [3.8, 4) is 11.4 Å². The van der Waals surface area contributed by atoms with Crippen molar-refractivity contribution in [2.45, 2.75) is 13.8 Å². The van der Waals surface area contributed by atoms with Crippen LogP contribution in [0.4, 0.5) is 5.82 Å². The van der Waals surface area contributed by atoms with E-state index in [9.17, 15) is 0 Å². The summed E-state index contributed by atoms with van der Waals surface area (Å²) in [4.78, 5) is 12.7. The third kappa shape index (κ3) is 2.10. The lowest BCUT2D eigenvalue weighted by Crippen LogP contribution is -1.97. The van der Waals surface area contributed by atoms with E-state index in [1.54, 1.807) is 12.3 Å². The van der Waals surface area contributed by atoms with Crippen molar-refractivity contribution in [2.24, 2.45) is 0 Å². The summed E-state index contributed by atoms with van der Waals surface area (Å²) in [5.41, 5.74) is 8.37. The van der Waals surface area contributed by atoms with Crippen LogP contribution in [0, 0.1) is 13.8 Å². The number of nitrogen functional groups attached to an aromatic ring is 1. The number of nitrogens with zero attached hydrogens (tertiary/aromatic N) is 3. The van der Waals surface area contributed by atoms with Crippen LogP contribution < -0.4 is 5.73 Å². The quantitative estimate of drug-likeness (QED) is 0.761. The molecule has 0 fully saturated rings. The van der Waals surface area contributed by atoms with Gasteiger partial charge in [-0.1, -0.05) is 0 Å². The second-order valence-corrected chi connectivity index (χ2v) is 3.45.